The Hall–Kier alpha value is -2.82. The van der Waals surface area contributed by atoms with E-state index < -0.39 is 11.4 Å². The van der Waals surface area contributed by atoms with Crippen LogP contribution in [0.1, 0.15) is 35.3 Å². The van der Waals surface area contributed by atoms with Crippen molar-refractivity contribution >= 4 is 11.9 Å². The lowest BCUT2D eigenvalue weighted by molar-refractivity contribution is -0.224. The van der Waals surface area contributed by atoms with E-state index >= 15 is 0 Å². The summed E-state index contributed by atoms with van der Waals surface area (Å²) in [6.45, 7) is 4.14. The molecule has 5 heteroatoms. The van der Waals surface area contributed by atoms with Crippen LogP contribution in [0.5, 0.6) is 5.75 Å². The number of carbonyl (C=O) groups excluding carboxylic acids is 2. The molecule has 24 heavy (non-hydrogen) atoms. The van der Waals surface area contributed by atoms with Crippen LogP contribution < -0.4 is 10.2 Å². The molecule has 0 aromatic heterocycles. The van der Waals surface area contributed by atoms with E-state index in [4.69, 9.17) is 9.78 Å². The first kappa shape index (κ1) is 16.1. The SMILES string of the molecule is CC(C)(Cc1ccc2c(c1)CNC2=O)C(=O)OOc1ccccc1. The molecule has 1 heterocycles. The lowest BCUT2D eigenvalue weighted by Crippen LogP contribution is -2.30. The lowest BCUT2D eigenvalue weighted by Gasteiger charge is -2.21. The zero-order chi connectivity index (χ0) is 17.2. The van der Waals surface area contributed by atoms with Crippen molar-refractivity contribution in [3.63, 3.8) is 0 Å². The molecule has 0 aliphatic carbocycles. The highest BCUT2D eigenvalue weighted by atomic mass is 17.2. The number of fused-ring (bicyclic) bond motifs is 1. The Morgan fingerprint density at radius 3 is 2.67 bits per heavy atom. The molecule has 124 valence electrons. The second-order valence-electron chi connectivity index (χ2n) is 6.50. The number of hydrogen-bond acceptors (Lipinski definition) is 4. The Morgan fingerprint density at radius 2 is 1.92 bits per heavy atom. The maximum Gasteiger partial charge on any atom is 0.361 e. The van der Waals surface area contributed by atoms with E-state index in [1.165, 1.54) is 0 Å². The van der Waals surface area contributed by atoms with Crippen LogP contribution in [0, 0.1) is 5.41 Å². The summed E-state index contributed by atoms with van der Waals surface area (Å²) in [5, 5.41) is 2.79. The predicted octanol–water partition coefficient (Wildman–Crippen LogP) is 3.04. The Kier molecular flexibility index (Phi) is 4.25. The third-order valence-corrected chi connectivity index (χ3v) is 4.01. The minimum Gasteiger partial charge on any atom is -0.348 e. The molecule has 0 saturated carbocycles. The standard InChI is InChI=1S/C19H19NO4/c1-19(2,18(22)24-23-15-6-4-3-5-7-15)11-13-8-9-16-14(10-13)12-20-17(16)21/h3-10H,11-12H2,1-2H3,(H,20,21). The number of benzene rings is 2. The predicted molar refractivity (Wildman–Crippen MR) is 88.3 cm³/mol. The third-order valence-electron chi connectivity index (χ3n) is 4.01. The van der Waals surface area contributed by atoms with Gasteiger partial charge in [-0.05, 0) is 49.6 Å². The van der Waals surface area contributed by atoms with Gasteiger partial charge in [0.25, 0.3) is 5.91 Å². The number of para-hydroxylation sites is 1. The van der Waals surface area contributed by atoms with Gasteiger partial charge in [-0.15, -0.1) is 0 Å². The van der Waals surface area contributed by atoms with Crippen LogP contribution in [-0.2, 0) is 22.6 Å². The summed E-state index contributed by atoms with van der Waals surface area (Å²) >= 11 is 0. The molecule has 0 unspecified atom stereocenters. The van der Waals surface area contributed by atoms with Crippen molar-refractivity contribution in [3.05, 3.63) is 65.2 Å². The Morgan fingerprint density at radius 1 is 1.17 bits per heavy atom. The van der Waals surface area contributed by atoms with E-state index in [1.807, 2.05) is 18.2 Å². The van der Waals surface area contributed by atoms with Crippen molar-refractivity contribution in [2.45, 2.75) is 26.8 Å². The molecule has 2 aromatic rings. The molecule has 0 atom stereocenters. The average molecular weight is 325 g/mol. The highest BCUT2D eigenvalue weighted by molar-refractivity contribution is 5.98. The fourth-order valence-corrected chi connectivity index (χ4v) is 2.65. The van der Waals surface area contributed by atoms with E-state index in [0.29, 0.717) is 24.3 Å². The molecule has 1 aliphatic heterocycles. The number of hydrogen-bond donors (Lipinski definition) is 1. The largest absolute Gasteiger partial charge is 0.361 e. The van der Waals surface area contributed by atoms with Crippen molar-refractivity contribution in [2.75, 3.05) is 0 Å². The van der Waals surface area contributed by atoms with Gasteiger partial charge in [0.1, 0.15) is 0 Å². The second-order valence-corrected chi connectivity index (χ2v) is 6.50. The zero-order valence-electron chi connectivity index (χ0n) is 13.7. The summed E-state index contributed by atoms with van der Waals surface area (Å²) < 4.78 is 0. The van der Waals surface area contributed by atoms with Crippen LogP contribution in [0.4, 0.5) is 0 Å². The molecule has 0 saturated heterocycles. The Labute approximate surface area is 140 Å². The van der Waals surface area contributed by atoms with Crippen molar-refractivity contribution in [1.82, 2.24) is 5.32 Å². The number of amides is 1. The fraction of sp³-hybridized carbons (Fsp3) is 0.263. The molecule has 0 radical (unpaired) electrons. The summed E-state index contributed by atoms with van der Waals surface area (Å²) in [5.41, 5.74) is 1.89. The van der Waals surface area contributed by atoms with Gasteiger partial charge in [0.15, 0.2) is 5.75 Å². The molecule has 2 aromatic carbocycles. The summed E-state index contributed by atoms with van der Waals surface area (Å²) in [5.74, 6) is -0.0173. The summed E-state index contributed by atoms with van der Waals surface area (Å²) in [4.78, 5) is 33.9. The summed E-state index contributed by atoms with van der Waals surface area (Å²) in [7, 11) is 0. The van der Waals surface area contributed by atoms with E-state index in [9.17, 15) is 9.59 Å². The van der Waals surface area contributed by atoms with Gasteiger partial charge in [0.05, 0.1) is 5.41 Å². The van der Waals surface area contributed by atoms with Crippen LogP contribution in [0.3, 0.4) is 0 Å². The molecule has 1 N–H and O–H groups in total. The Bertz CT molecular complexity index is 768. The van der Waals surface area contributed by atoms with Gasteiger partial charge < -0.3 is 5.32 Å². The second kappa shape index (κ2) is 6.35. The maximum atomic E-state index is 12.3. The van der Waals surface area contributed by atoms with Gasteiger partial charge in [0.2, 0.25) is 0 Å². The first-order chi connectivity index (χ1) is 11.5. The highest BCUT2D eigenvalue weighted by Gasteiger charge is 2.32. The lowest BCUT2D eigenvalue weighted by atomic mass is 9.85. The maximum absolute atomic E-state index is 12.3. The van der Waals surface area contributed by atoms with Crippen LogP contribution >= 0.6 is 0 Å². The number of nitrogens with one attached hydrogen (secondary N) is 1. The zero-order valence-corrected chi connectivity index (χ0v) is 13.7. The summed E-state index contributed by atoms with van der Waals surface area (Å²) in [6.07, 6.45) is 0.492. The molecule has 3 rings (SSSR count). The summed E-state index contributed by atoms with van der Waals surface area (Å²) in [6, 6.07) is 14.5. The van der Waals surface area contributed by atoms with Gasteiger partial charge in [-0.2, -0.15) is 0 Å². The molecular weight excluding hydrogens is 306 g/mol. The van der Waals surface area contributed by atoms with E-state index in [-0.39, 0.29) is 5.91 Å². The van der Waals surface area contributed by atoms with Crippen LogP contribution in [0.15, 0.2) is 48.5 Å². The molecular formula is C19H19NO4. The first-order valence-corrected chi connectivity index (χ1v) is 7.80. The minimum atomic E-state index is -0.751. The highest BCUT2D eigenvalue weighted by Crippen LogP contribution is 2.26. The molecule has 5 nitrogen and oxygen atoms in total. The van der Waals surface area contributed by atoms with Crippen LogP contribution in [0.25, 0.3) is 0 Å². The molecule has 1 aliphatic rings. The topological polar surface area (TPSA) is 64.6 Å². The van der Waals surface area contributed by atoms with Gasteiger partial charge in [0, 0.05) is 12.1 Å². The van der Waals surface area contributed by atoms with Crippen molar-refractivity contribution in [1.29, 1.82) is 0 Å². The van der Waals surface area contributed by atoms with Gasteiger partial charge in [-0.3, -0.25) is 9.68 Å². The molecule has 0 fully saturated rings. The average Bonchev–Trinajstić information content (AvgIpc) is 2.94. The van der Waals surface area contributed by atoms with Crippen molar-refractivity contribution in [2.24, 2.45) is 5.41 Å². The molecule has 1 amide bonds. The smallest absolute Gasteiger partial charge is 0.348 e. The Balaban J connectivity index is 1.65. The van der Waals surface area contributed by atoms with Gasteiger partial charge in [-0.1, -0.05) is 30.3 Å². The normalized spacial score (nSPS) is 13.2. The third kappa shape index (κ3) is 3.40. The number of carbonyl (C=O) groups is 2. The fourth-order valence-electron chi connectivity index (χ4n) is 2.65. The quantitative estimate of drug-likeness (QED) is 0.678. The van der Waals surface area contributed by atoms with Crippen molar-refractivity contribution in [3.8, 4) is 5.75 Å². The van der Waals surface area contributed by atoms with Crippen LogP contribution in [0.2, 0.25) is 0 Å². The van der Waals surface area contributed by atoms with Crippen LogP contribution in [-0.4, -0.2) is 11.9 Å². The van der Waals surface area contributed by atoms with E-state index in [2.05, 4.69) is 5.32 Å². The minimum absolute atomic E-state index is 0.0496. The van der Waals surface area contributed by atoms with Gasteiger partial charge >= 0.3 is 5.97 Å². The first-order valence-electron chi connectivity index (χ1n) is 7.80. The molecule has 0 spiro atoms. The number of rotatable bonds is 5. The van der Waals surface area contributed by atoms with Gasteiger partial charge in [-0.25, -0.2) is 9.68 Å². The monoisotopic (exact) mass is 325 g/mol. The van der Waals surface area contributed by atoms with E-state index in [1.54, 1.807) is 44.2 Å². The molecule has 0 bridgehead atoms. The van der Waals surface area contributed by atoms with Crippen molar-refractivity contribution < 1.29 is 19.4 Å². The van der Waals surface area contributed by atoms with E-state index in [0.717, 1.165) is 11.1 Å².